The van der Waals surface area contributed by atoms with Crippen LogP contribution in [0.5, 0.6) is 0 Å². The molecule has 0 saturated carbocycles. The first-order chi connectivity index (χ1) is 11.8. The molecule has 0 spiro atoms. The summed E-state index contributed by atoms with van der Waals surface area (Å²) in [6, 6.07) is 18.2. The maximum Gasteiger partial charge on any atom is 0.147 e. The highest BCUT2D eigenvalue weighted by atomic mass is 32.1. The molecule has 0 aliphatic heterocycles. The summed E-state index contributed by atoms with van der Waals surface area (Å²) in [4.78, 5) is 0. The highest BCUT2D eigenvalue weighted by molar-refractivity contribution is 7.14. The molecule has 2 aromatic heterocycles. The van der Waals surface area contributed by atoms with E-state index in [0.29, 0.717) is 0 Å². The van der Waals surface area contributed by atoms with Crippen molar-refractivity contribution in [1.82, 2.24) is 20.0 Å². The summed E-state index contributed by atoms with van der Waals surface area (Å²) in [6.07, 6.45) is 3.70. The average Bonchev–Trinajstić information content (AvgIpc) is 3.27. The van der Waals surface area contributed by atoms with Crippen LogP contribution in [0.2, 0.25) is 0 Å². The molecule has 0 bridgehead atoms. The quantitative estimate of drug-likeness (QED) is 0.600. The van der Waals surface area contributed by atoms with E-state index in [4.69, 9.17) is 0 Å². The van der Waals surface area contributed by atoms with Gasteiger partial charge in [-0.05, 0) is 43.3 Å². The Hall–Kier alpha value is -2.99. The fraction of sp³-hybridized carbons (Fsp3) is 0.0556. The first-order valence-electron chi connectivity index (χ1n) is 7.55. The second kappa shape index (κ2) is 6.25. The van der Waals surface area contributed by atoms with Crippen molar-refractivity contribution in [3.8, 4) is 16.3 Å². The van der Waals surface area contributed by atoms with Crippen LogP contribution in [0.4, 0.5) is 11.4 Å². The molecule has 5 nitrogen and oxygen atoms in total. The zero-order valence-corrected chi connectivity index (χ0v) is 13.9. The van der Waals surface area contributed by atoms with Crippen molar-refractivity contribution in [2.75, 3.05) is 5.32 Å². The van der Waals surface area contributed by atoms with Crippen LogP contribution >= 0.6 is 11.3 Å². The van der Waals surface area contributed by atoms with Crippen LogP contribution in [-0.4, -0.2) is 20.0 Å². The van der Waals surface area contributed by atoms with Gasteiger partial charge in [-0.1, -0.05) is 29.5 Å². The minimum Gasteiger partial charge on any atom is -0.355 e. The Bertz CT molecular complexity index is 959. The first-order valence-corrected chi connectivity index (χ1v) is 8.37. The van der Waals surface area contributed by atoms with Crippen LogP contribution in [0.25, 0.3) is 16.3 Å². The van der Waals surface area contributed by atoms with E-state index in [0.717, 1.165) is 32.6 Å². The van der Waals surface area contributed by atoms with E-state index >= 15 is 0 Å². The number of aryl methyl sites for hydroxylation is 1. The number of hydrogen-bond acceptors (Lipinski definition) is 5. The van der Waals surface area contributed by atoms with Gasteiger partial charge in [0.15, 0.2) is 0 Å². The summed E-state index contributed by atoms with van der Waals surface area (Å²) < 4.78 is 1.84. The van der Waals surface area contributed by atoms with Crippen LogP contribution in [0, 0.1) is 6.92 Å². The Morgan fingerprint density at radius 1 is 0.958 bits per heavy atom. The summed E-state index contributed by atoms with van der Waals surface area (Å²) in [7, 11) is 0. The van der Waals surface area contributed by atoms with Crippen molar-refractivity contribution >= 4 is 22.7 Å². The van der Waals surface area contributed by atoms with Gasteiger partial charge in [0.1, 0.15) is 10.0 Å². The van der Waals surface area contributed by atoms with Crippen molar-refractivity contribution < 1.29 is 0 Å². The van der Waals surface area contributed by atoms with Crippen LogP contribution in [0.1, 0.15) is 5.01 Å². The summed E-state index contributed by atoms with van der Waals surface area (Å²) >= 11 is 1.59. The van der Waals surface area contributed by atoms with Crippen molar-refractivity contribution in [2.24, 2.45) is 0 Å². The number of rotatable bonds is 4. The Morgan fingerprint density at radius 2 is 1.79 bits per heavy atom. The van der Waals surface area contributed by atoms with Crippen molar-refractivity contribution in [1.29, 1.82) is 0 Å². The Kier molecular flexibility index (Phi) is 3.80. The Balaban J connectivity index is 1.61. The first kappa shape index (κ1) is 14.6. The van der Waals surface area contributed by atoms with E-state index in [1.54, 1.807) is 17.5 Å². The van der Waals surface area contributed by atoms with Gasteiger partial charge in [0.05, 0.1) is 5.69 Å². The van der Waals surface area contributed by atoms with E-state index in [9.17, 15) is 0 Å². The molecule has 0 fully saturated rings. The maximum absolute atomic E-state index is 4.27. The minimum absolute atomic E-state index is 0.932. The molecule has 4 aromatic rings. The van der Waals surface area contributed by atoms with Gasteiger partial charge in [0.2, 0.25) is 0 Å². The summed E-state index contributed by atoms with van der Waals surface area (Å²) in [6.45, 7) is 1.96. The van der Waals surface area contributed by atoms with Crippen molar-refractivity contribution in [3.05, 3.63) is 72.0 Å². The molecule has 118 valence electrons. The van der Waals surface area contributed by atoms with Gasteiger partial charge in [0, 0.05) is 29.3 Å². The second-order valence-electron chi connectivity index (χ2n) is 5.33. The number of anilines is 2. The molecule has 0 radical (unpaired) electrons. The molecule has 0 atom stereocenters. The minimum atomic E-state index is 0.932. The lowest BCUT2D eigenvalue weighted by atomic mass is 10.2. The third kappa shape index (κ3) is 3.04. The van der Waals surface area contributed by atoms with Gasteiger partial charge in [0.25, 0.3) is 0 Å². The van der Waals surface area contributed by atoms with Gasteiger partial charge in [-0.25, -0.2) is 4.68 Å². The highest BCUT2D eigenvalue weighted by Crippen LogP contribution is 2.27. The third-order valence-corrected chi connectivity index (χ3v) is 4.43. The monoisotopic (exact) mass is 333 g/mol. The van der Waals surface area contributed by atoms with Crippen molar-refractivity contribution in [2.45, 2.75) is 6.92 Å². The zero-order valence-electron chi connectivity index (χ0n) is 13.0. The third-order valence-electron chi connectivity index (χ3n) is 3.54. The average molecular weight is 333 g/mol. The van der Waals surface area contributed by atoms with E-state index in [-0.39, 0.29) is 0 Å². The number of nitrogens with zero attached hydrogens (tertiary/aromatic N) is 4. The van der Waals surface area contributed by atoms with E-state index in [1.165, 1.54) is 0 Å². The molecule has 0 aliphatic carbocycles. The Morgan fingerprint density at radius 3 is 2.54 bits per heavy atom. The normalized spacial score (nSPS) is 10.7. The molecule has 1 N–H and O–H groups in total. The number of nitrogens with one attached hydrogen (secondary N) is 1. The van der Waals surface area contributed by atoms with E-state index in [1.807, 2.05) is 60.3 Å². The predicted octanol–water partition coefficient (Wildman–Crippen LogP) is 4.44. The van der Waals surface area contributed by atoms with E-state index in [2.05, 4.69) is 32.7 Å². The topological polar surface area (TPSA) is 55.6 Å². The largest absolute Gasteiger partial charge is 0.355 e. The summed E-state index contributed by atoms with van der Waals surface area (Å²) in [5.41, 5.74) is 4.10. The summed E-state index contributed by atoms with van der Waals surface area (Å²) in [5.74, 6) is 0. The number of aromatic nitrogens is 4. The molecule has 0 saturated heterocycles. The maximum atomic E-state index is 4.27. The summed E-state index contributed by atoms with van der Waals surface area (Å²) in [5, 5.41) is 17.9. The highest BCUT2D eigenvalue weighted by Gasteiger charge is 2.05. The molecule has 0 amide bonds. The zero-order chi connectivity index (χ0) is 16.4. The van der Waals surface area contributed by atoms with Crippen LogP contribution in [-0.2, 0) is 0 Å². The molecule has 2 heterocycles. The molecule has 24 heavy (non-hydrogen) atoms. The Labute approximate surface area is 143 Å². The van der Waals surface area contributed by atoms with E-state index < -0.39 is 0 Å². The number of benzene rings is 2. The lowest BCUT2D eigenvalue weighted by Crippen LogP contribution is -1.96. The lowest BCUT2D eigenvalue weighted by molar-refractivity contribution is 0.881. The van der Waals surface area contributed by atoms with Crippen LogP contribution in [0.3, 0.4) is 0 Å². The molecule has 4 rings (SSSR count). The SMILES string of the molecule is Cc1nnc(-c2cccc(Nc3cccc(-n4cccn4)c3)c2)s1. The van der Waals surface area contributed by atoms with Gasteiger partial charge < -0.3 is 5.32 Å². The van der Waals surface area contributed by atoms with Gasteiger partial charge >= 0.3 is 0 Å². The molecule has 0 aliphatic rings. The molecule has 2 aromatic carbocycles. The lowest BCUT2D eigenvalue weighted by Gasteiger charge is -2.09. The second-order valence-corrected chi connectivity index (χ2v) is 6.51. The fourth-order valence-corrected chi connectivity index (χ4v) is 3.15. The van der Waals surface area contributed by atoms with Gasteiger partial charge in [-0.3, -0.25) is 0 Å². The van der Waals surface area contributed by atoms with Gasteiger partial charge in [-0.15, -0.1) is 10.2 Å². The van der Waals surface area contributed by atoms with Crippen molar-refractivity contribution in [3.63, 3.8) is 0 Å². The predicted molar refractivity (Wildman–Crippen MR) is 96.9 cm³/mol. The molecular formula is C18H15N5S. The smallest absolute Gasteiger partial charge is 0.147 e. The molecule has 6 heteroatoms. The standard InChI is InChI=1S/C18H15N5S/c1-13-21-22-18(24-13)14-5-2-6-15(11-14)20-16-7-3-8-17(12-16)23-10-4-9-19-23/h2-12,20H,1H3. The molecule has 0 unspecified atom stereocenters. The molecular weight excluding hydrogens is 318 g/mol. The van der Waals surface area contributed by atoms with Crippen LogP contribution in [0.15, 0.2) is 67.0 Å². The van der Waals surface area contributed by atoms with Crippen LogP contribution < -0.4 is 5.32 Å². The number of hydrogen-bond donors (Lipinski definition) is 1. The van der Waals surface area contributed by atoms with Gasteiger partial charge in [-0.2, -0.15) is 5.10 Å². The fourth-order valence-electron chi connectivity index (χ4n) is 2.46.